The highest BCUT2D eigenvalue weighted by molar-refractivity contribution is 5.85. The van der Waals surface area contributed by atoms with E-state index >= 15 is 0 Å². The van der Waals surface area contributed by atoms with Crippen LogP contribution in [0.15, 0.2) is 0 Å². The van der Waals surface area contributed by atoms with Gasteiger partial charge in [-0.2, -0.15) is 0 Å². The molecule has 1 fully saturated rings. The summed E-state index contributed by atoms with van der Waals surface area (Å²) in [7, 11) is 1.63. The highest BCUT2D eigenvalue weighted by Gasteiger charge is 2.25. The molecule has 1 atom stereocenters. The van der Waals surface area contributed by atoms with Gasteiger partial charge in [0, 0.05) is 26.2 Å². The molecule has 1 N–H and O–H groups in total. The molecule has 0 aliphatic carbocycles. The standard InChI is InChI=1S/C11H22N2O2.ClH/c1-3-7-13(10-4-6-12-9-10)11(14)5-8-15-2;/h10,12H,3-9H2,1-2H3;1H. The number of methoxy groups -OCH3 is 1. The third-order valence-electron chi connectivity index (χ3n) is 2.78. The Bertz CT molecular complexity index is 196. The highest BCUT2D eigenvalue weighted by Crippen LogP contribution is 2.10. The summed E-state index contributed by atoms with van der Waals surface area (Å²) in [5.74, 6) is 0.229. The van der Waals surface area contributed by atoms with Gasteiger partial charge in [-0.25, -0.2) is 0 Å². The molecule has 1 aliphatic heterocycles. The lowest BCUT2D eigenvalue weighted by Crippen LogP contribution is -2.42. The summed E-state index contributed by atoms with van der Waals surface area (Å²) in [6, 6.07) is 0.398. The molecule has 1 amide bonds. The van der Waals surface area contributed by atoms with Gasteiger partial charge in [-0.3, -0.25) is 4.79 Å². The predicted molar refractivity (Wildman–Crippen MR) is 67.0 cm³/mol. The lowest BCUT2D eigenvalue weighted by Gasteiger charge is -2.28. The fraction of sp³-hybridized carbons (Fsp3) is 0.909. The Kier molecular flexibility index (Phi) is 8.61. The zero-order chi connectivity index (χ0) is 11.1. The molecule has 4 nitrogen and oxygen atoms in total. The van der Waals surface area contributed by atoms with Gasteiger partial charge in [-0.1, -0.05) is 6.92 Å². The number of halogens is 1. The third kappa shape index (κ3) is 4.68. The Morgan fingerprint density at radius 3 is 2.81 bits per heavy atom. The van der Waals surface area contributed by atoms with Crippen LogP contribution in [0.1, 0.15) is 26.2 Å². The molecule has 0 radical (unpaired) electrons. The van der Waals surface area contributed by atoms with Crippen LogP contribution in [-0.4, -0.2) is 50.2 Å². The van der Waals surface area contributed by atoms with Crippen LogP contribution in [0.5, 0.6) is 0 Å². The summed E-state index contributed by atoms with van der Waals surface area (Å²) in [6.07, 6.45) is 2.61. The van der Waals surface area contributed by atoms with E-state index in [9.17, 15) is 4.79 Å². The summed E-state index contributed by atoms with van der Waals surface area (Å²) in [6.45, 7) is 5.48. The Morgan fingerprint density at radius 2 is 2.31 bits per heavy atom. The van der Waals surface area contributed by atoms with Crippen LogP contribution in [-0.2, 0) is 9.53 Å². The number of hydrogen-bond donors (Lipinski definition) is 1. The fourth-order valence-electron chi connectivity index (χ4n) is 1.99. The highest BCUT2D eigenvalue weighted by atomic mass is 35.5. The van der Waals surface area contributed by atoms with Crippen molar-refractivity contribution in [2.24, 2.45) is 0 Å². The molecule has 1 rings (SSSR count). The molecule has 0 aromatic rings. The van der Waals surface area contributed by atoms with Crippen LogP contribution in [0.25, 0.3) is 0 Å². The SMILES string of the molecule is CCCN(C(=O)CCOC)C1CCNC1.Cl. The van der Waals surface area contributed by atoms with Crippen LogP contribution in [0.3, 0.4) is 0 Å². The lowest BCUT2D eigenvalue weighted by atomic mass is 10.2. The van der Waals surface area contributed by atoms with Gasteiger partial charge in [0.25, 0.3) is 0 Å². The van der Waals surface area contributed by atoms with E-state index in [2.05, 4.69) is 12.2 Å². The van der Waals surface area contributed by atoms with Gasteiger partial charge in [0.2, 0.25) is 5.91 Å². The molecule has 0 spiro atoms. The molecule has 1 aliphatic rings. The second kappa shape index (κ2) is 8.79. The van der Waals surface area contributed by atoms with Crippen molar-refractivity contribution < 1.29 is 9.53 Å². The molecular formula is C11H23ClN2O2. The molecule has 16 heavy (non-hydrogen) atoms. The summed E-state index contributed by atoms with van der Waals surface area (Å²) in [4.78, 5) is 13.9. The number of carbonyl (C=O) groups is 1. The topological polar surface area (TPSA) is 41.6 Å². The summed E-state index contributed by atoms with van der Waals surface area (Å²) < 4.78 is 4.94. The first-order chi connectivity index (χ1) is 7.29. The molecule has 5 heteroatoms. The maximum atomic E-state index is 11.9. The lowest BCUT2D eigenvalue weighted by molar-refractivity contribution is -0.134. The first kappa shape index (κ1) is 15.7. The number of carbonyl (C=O) groups excluding carboxylic acids is 1. The van der Waals surface area contributed by atoms with Crippen molar-refractivity contribution >= 4 is 18.3 Å². The third-order valence-corrected chi connectivity index (χ3v) is 2.78. The van der Waals surface area contributed by atoms with Gasteiger partial charge < -0.3 is 15.0 Å². The van der Waals surface area contributed by atoms with E-state index in [0.29, 0.717) is 19.1 Å². The van der Waals surface area contributed by atoms with Crippen LogP contribution in [0.2, 0.25) is 0 Å². The first-order valence-electron chi connectivity index (χ1n) is 5.78. The van der Waals surface area contributed by atoms with Crippen LogP contribution in [0.4, 0.5) is 0 Å². The van der Waals surface area contributed by atoms with Crippen LogP contribution >= 0.6 is 12.4 Å². The maximum Gasteiger partial charge on any atom is 0.225 e. The normalized spacial score (nSPS) is 19.2. The zero-order valence-corrected chi connectivity index (χ0v) is 11.0. The second-order valence-electron chi connectivity index (χ2n) is 3.98. The Labute approximate surface area is 104 Å². The monoisotopic (exact) mass is 250 g/mol. The summed E-state index contributed by atoms with van der Waals surface area (Å²) >= 11 is 0. The first-order valence-corrected chi connectivity index (χ1v) is 5.78. The predicted octanol–water partition coefficient (Wildman–Crippen LogP) is 1.05. The van der Waals surface area contributed by atoms with Crippen molar-refractivity contribution in [3.05, 3.63) is 0 Å². The minimum Gasteiger partial charge on any atom is -0.384 e. The van der Waals surface area contributed by atoms with Gasteiger partial charge in [-0.15, -0.1) is 12.4 Å². The van der Waals surface area contributed by atoms with E-state index in [1.807, 2.05) is 4.90 Å². The Hall–Kier alpha value is -0.320. The molecule has 0 saturated carbocycles. The minimum atomic E-state index is 0. The van der Waals surface area contributed by atoms with Gasteiger partial charge in [-0.05, 0) is 19.4 Å². The van der Waals surface area contributed by atoms with Gasteiger partial charge in [0.1, 0.15) is 0 Å². The fourth-order valence-corrected chi connectivity index (χ4v) is 1.99. The van der Waals surface area contributed by atoms with E-state index < -0.39 is 0 Å². The van der Waals surface area contributed by atoms with Crippen molar-refractivity contribution in [3.8, 4) is 0 Å². The van der Waals surface area contributed by atoms with E-state index in [-0.39, 0.29) is 18.3 Å². The average molecular weight is 251 g/mol. The molecule has 1 heterocycles. The largest absolute Gasteiger partial charge is 0.384 e. The van der Waals surface area contributed by atoms with Gasteiger partial charge in [0.05, 0.1) is 13.0 Å². The van der Waals surface area contributed by atoms with Crippen molar-refractivity contribution in [2.45, 2.75) is 32.2 Å². The number of nitrogens with zero attached hydrogens (tertiary/aromatic N) is 1. The molecule has 96 valence electrons. The van der Waals surface area contributed by atoms with Crippen molar-refractivity contribution in [1.29, 1.82) is 0 Å². The quantitative estimate of drug-likeness (QED) is 0.766. The second-order valence-corrected chi connectivity index (χ2v) is 3.98. The van der Waals surface area contributed by atoms with Crippen molar-refractivity contribution in [3.63, 3.8) is 0 Å². The van der Waals surface area contributed by atoms with Crippen LogP contribution < -0.4 is 5.32 Å². The molecule has 0 bridgehead atoms. The summed E-state index contributed by atoms with van der Waals surface area (Å²) in [5.41, 5.74) is 0. The Balaban J connectivity index is 0.00000225. The summed E-state index contributed by atoms with van der Waals surface area (Å²) in [5, 5.41) is 3.30. The van der Waals surface area contributed by atoms with Crippen molar-refractivity contribution in [2.75, 3.05) is 33.4 Å². The number of rotatable bonds is 6. The van der Waals surface area contributed by atoms with E-state index in [1.165, 1.54) is 0 Å². The molecule has 0 aromatic carbocycles. The maximum absolute atomic E-state index is 11.9. The molecule has 0 aromatic heterocycles. The molecule has 1 unspecified atom stereocenters. The molecule has 1 saturated heterocycles. The number of amides is 1. The number of hydrogen-bond acceptors (Lipinski definition) is 3. The molecular weight excluding hydrogens is 228 g/mol. The van der Waals surface area contributed by atoms with Gasteiger partial charge >= 0.3 is 0 Å². The van der Waals surface area contributed by atoms with Crippen LogP contribution in [0, 0.1) is 0 Å². The number of nitrogens with one attached hydrogen (secondary N) is 1. The smallest absolute Gasteiger partial charge is 0.225 e. The minimum absolute atomic E-state index is 0. The Morgan fingerprint density at radius 1 is 1.56 bits per heavy atom. The van der Waals surface area contributed by atoms with E-state index in [1.54, 1.807) is 7.11 Å². The van der Waals surface area contributed by atoms with E-state index in [0.717, 1.165) is 32.5 Å². The zero-order valence-electron chi connectivity index (χ0n) is 10.2. The number of ether oxygens (including phenoxy) is 1. The van der Waals surface area contributed by atoms with E-state index in [4.69, 9.17) is 4.74 Å². The van der Waals surface area contributed by atoms with Gasteiger partial charge in [0.15, 0.2) is 0 Å². The van der Waals surface area contributed by atoms with Crippen molar-refractivity contribution in [1.82, 2.24) is 10.2 Å². The average Bonchev–Trinajstić information content (AvgIpc) is 2.75.